The van der Waals surface area contributed by atoms with E-state index in [4.69, 9.17) is 24.7 Å². The highest BCUT2D eigenvalue weighted by atomic mass is 16.6. The number of unbranched alkanes of at least 4 members (excludes halogenated alkanes) is 3. The van der Waals surface area contributed by atoms with Gasteiger partial charge in [-0.15, -0.1) is 0 Å². The zero-order valence-corrected chi connectivity index (χ0v) is 28.5. The van der Waals surface area contributed by atoms with Gasteiger partial charge in [-0.05, 0) is 31.9 Å². The quantitative estimate of drug-likeness (QED) is 0.131. The van der Waals surface area contributed by atoms with Crippen LogP contribution in [0.1, 0.15) is 69.6 Å². The van der Waals surface area contributed by atoms with Crippen LogP contribution in [0, 0.1) is 0 Å². The van der Waals surface area contributed by atoms with Gasteiger partial charge in [-0.2, -0.15) is 0 Å². The molecule has 15 heteroatoms. The summed E-state index contributed by atoms with van der Waals surface area (Å²) in [6.07, 6.45) is 10.3. The van der Waals surface area contributed by atoms with Crippen molar-refractivity contribution in [1.82, 2.24) is 25.5 Å². The van der Waals surface area contributed by atoms with Gasteiger partial charge >= 0.3 is 5.97 Å². The Hall–Kier alpha value is -4.15. The summed E-state index contributed by atoms with van der Waals surface area (Å²) in [4.78, 5) is 32.1. The van der Waals surface area contributed by atoms with E-state index in [2.05, 4.69) is 27.9 Å². The summed E-state index contributed by atoms with van der Waals surface area (Å²) in [7, 11) is 1.55. The first-order chi connectivity index (χ1) is 23.6. The number of methoxy groups -OCH3 is 1. The largest absolute Gasteiger partial charge is 0.496 e. The number of nitrogens with one attached hydrogen (secondary N) is 3. The molecule has 266 valence electrons. The second-order valence-electron chi connectivity index (χ2n) is 12.9. The highest BCUT2D eigenvalue weighted by Gasteiger charge is 2.45. The highest BCUT2D eigenvalue weighted by Crippen LogP contribution is 2.53. The van der Waals surface area contributed by atoms with E-state index in [0.717, 1.165) is 25.7 Å². The molecule has 5 unspecified atom stereocenters. The van der Waals surface area contributed by atoms with Crippen LogP contribution in [0.5, 0.6) is 17.2 Å². The van der Waals surface area contributed by atoms with E-state index >= 15 is 0 Å². The zero-order valence-electron chi connectivity index (χ0n) is 28.5. The number of carbonyl (C=O) groups is 2. The standard InChI is InChI=1S/C34H47N7O8/c1-5-7-8-9-11-34(3,45)23-16-20-26(49-23)21(17-42)28-24(27(20)46-4)19(15-22(48-28)31(44)47-6-2)10-13-40-14-12-36-33(40)41-18-37-25-29(41)38-32(35)39-30(25)43/h10,12,14-15,23,25,29,32,37-38,42,45H,5-9,11,13,16-18,35H2,1-4H3,(H,39,43). The number of benzene rings is 1. The zero-order chi connectivity index (χ0) is 34.9. The third-order valence-electron chi connectivity index (χ3n) is 9.58. The number of fused-ring (bicyclic) bond motifs is 3. The fourth-order valence-electron chi connectivity index (χ4n) is 7.04. The van der Waals surface area contributed by atoms with Crippen molar-refractivity contribution in [3.63, 3.8) is 0 Å². The molecule has 2 saturated heterocycles. The maximum Gasteiger partial charge on any atom is 0.374 e. The summed E-state index contributed by atoms with van der Waals surface area (Å²) in [6.45, 7) is 6.01. The molecule has 1 amide bonds. The molecular weight excluding hydrogens is 634 g/mol. The number of nitrogens with two attached hydrogens (primary N) is 1. The predicted molar refractivity (Wildman–Crippen MR) is 179 cm³/mol. The van der Waals surface area contributed by atoms with Gasteiger partial charge in [0.15, 0.2) is 0 Å². The monoisotopic (exact) mass is 681 g/mol. The predicted octanol–water partition coefficient (Wildman–Crippen LogP) is 1.36. The Balaban J connectivity index is 1.37. The Morgan fingerprint density at radius 3 is 2.82 bits per heavy atom. The number of esters is 1. The fraction of sp³-hybridized carbons (Fsp3) is 0.559. The number of aliphatic hydroxyl groups excluding tert-OH is 1. The lowest BCUT2D eigenvalue weighted by molar-refractivity contribution is -0.141. The van der Waals surface area contributed by atoms with Crippen LogP contribution in [0.4, 0.5) is 5.95 Å². The van der Waals surface area contributed by atoms with Gasteiger partial charge in [-0.25, -0.2) is 9.78 Å². The van der Waals surface area contributed by atoms with E-state index in [1.54, 1.807) is 33.2 Å². The normalized spacial score (nSPS) is 24.6. The van der Waals surface area contributed by atoms with Gasteiger partial charge in [-0.1, -0.05) is 38.7 Å². The van der Waals surface area contributed by atoms with Gasteiger partial charge in [0.2, 0.25) is 17.6 Å². The van der Waals surface area contributed by atoms with Gasteiger partial charge in [0.05, 0.1) is 43.7 Å². The van der Waals surface area contributed by atoms with Gasteiger partial charge in [0, 0.05) is 30.9 Å². The number of aromatic nitrogens is 2. The van der Waals surface area contributed by atoms with E-state index in [0.29, 0.717) is 65.8 Å². The molecule has 2 aromatic rings. The molecule has 6 rings (SSSR count). The van der Waals surface area contributed by atoms with Crippen molar-refractivity contribution < 1.29 is 38.7 Å². The first-order valence-corrected chi connectivity index (χ1v) is 17.0. The molecule has 15 nitrogen and oxygen atoms in total. The Morgan fingerprint density at radius 1 is 1.27 bits per heavy atom. The minimum absolute atomic E-state index is 0.0568. The molecule has 5 heterocycles. The third kappa shape index (κ3) is 6.60. The number of hydrogen-bond donors (Lipinski definition) is 6. The Kier molecular flexibility index (Phi) is 10.2. The molecule has 0 aliphatic carbocycles. The minimum Gasteiger partial charge on any atom is -0.496 e. The summed E-state index contributed by atoms with van der Waals surface area (Å²) in [5.74, 6) is 0.769. The topological polar surface area (TPSA) is 195 Å². The Morgan fingerprint density at radius 2 is 2.08 bits per heavy atom. The van der Waals surface area contributed by atoms with Crippen molar-refractivity contribution in [2.75, 3.05) is 25.3 Å². The molecule has 1 aromatic heterocycles. The van der Waals surface area contributed by atoms with Crippen molar-refractivity contribution >= 4 is 23.4 Å². The summed E-state index contributed by atoms with van der Waals surface area (Å²) >= 11 is 0. The molecule has 2 fully saturated rings. The SMILES string of the molecule is CCCCCCC(C)(O)C1Cc2c(c(CO)c3c(c2OC)C(=CCn2ccnc2N2CNC4C(=O)NC(N)NC42)C=C(C(=O)OCC)O3)O1. The second-order valence-corrected chi connectivity index (χ2v) is 12.9. The number of allylic oxidation sites excluding steroid dienone is 3. The van der Waals surface area contributed by atoms with E-state index in [9.17, 15) is 19.8 Å². The number of aliphatic hydroxyl groups is 2. The maximum absolute atomic E-state index is 13.0. The number of nitrogens with zero attached hydrogens (tertiary/aromatic N) is 3. The number of carbonyl (C=O) groups excluding carboxylic acids is 2. The lowest BCUT2D eigenvalue weighted by Crippen LogP contribution is -2.70. The summed E-state index contributed by atoms with van der Waals surface area (Å²) in [5, 5.41) is 31.3. The molecular formula is C34H47N7O8. The first-order valence-electron chi connectivity index (χ1n) is 17.0. The van der Waals surface area contributed by atoms with Crippen LogP contribution in [0.15, 0.2) is 30.3 Å². The molecule has 49 heavy (non-hydrogen) atoms. The summed E-state index contributed by atoms with van der Waals surface area (Å²) < 4.78 is 25.8. The summed E-state index contributed by atoms with van der Waals surface area (Å²) in [6, 6.07) is -0.507. The maximum atomic E-state index is 13.0. The van der Waals surface area contributed by atoms with E-state index in [1.165, 1.54) is 0 Å². The molecule has 1 aromatic carbocycles. The van der Waals surface area contributed by atoms with Crippen LogP contribution < -0.4 is 40.8 Å². The number of imidazole rings is 1. The van der Waals surface area contributed by atoms with Crippen LogP contribution in [0.25, 0.3) is 5.57 Å². The average Bonchev–Trinajstić information content (AvgIpc) is 3.83. The first kappa shape index (κ1) is 34.7. The summed E-state index contributed by atoms with van der Waals surface area (Å²) in [5.41, 5.74) is 7.09. The number of anilines is 1. The number of ether oxygens (including phenoxy) is 4. The van der Waals surface area contributed by atoms with E-state index in [1.807, 2.05) is 21.7 Å². The molecule has 5 atom stereocenters. The molecule has 0 saturated carbocycles. The van der Waals surface area contributed by atoms with Crippen molar-refractivity contribution in [2.24, 2.45) is 5.73 Å². The number of hydrogen-bond acceptors (Lipinski definition) is 13. The number of amides is 1. The molecule has 4 aliphatic rings. The van der Waals surface area contributed by atoms with Crippen LogP contribution >= 0.6 is 0 Å². The van der Waals surface area contributed by atoms with Gasteiger partial charge in [0.1, 0.15) is 41.8 Å². The van der Waals surface area contributed by atoms with Crippen LogP contribution in [-0.4, -0.2) is 82.2 Å². The lowest BCUT2D eigenvalue weighted by atomic mass is 9.87. The molecule has 0 radical (unpaired) electrons. The minimum atomic E-state index is -1.13. The van der Waals surface area contributed by atoms with Gasteiger partial charge in [0.25, 0.3) is 0 Å². The lowest BCUT2D eigenvalue weighted by Gasteiger charge is -2.35. The van der Waals surface area contributed by atoms with Crippen LogP contribution in [-0.2, 0) is 33.9 Å². The fourth-order valence-corrected chi connectivity index (χ4v) is 7.04. The smallest absolute Gasteiger partial charge is 0.374 e. The van der Waals surface area contributed by atoms with Crippen molar-refractivity contribution in [2.45, 2.75) is 103 Å². The Bertz CT molecular complexity index is 1640. The third-order valence-corrected chi connectivity index (χ3v) is 9.58. The van der Waals surface area contributed by atoms with Crippen molar-refractivity contribution in [3.05, 3.63) is 47.0 Å². The second kappa shape index (κ2) is 14.4. The van der Waals surface area contributed by atoms with Gasteiger partial charge in [-0.3, -0.25) is 21.2 Å². The molecule has 4 aliphatic heterocycles. The van der Waals surface area contributed by atoms with Gasteiger partial charge < -0.3 is 43.9 Å². The van der Waals surface area contributed by atoms with Crippen molar-refractivity contribution in [3.8, 4) is 17.2 Å². The van der Waals surface area contributed by atoms with Crippen molar-refractivity contribution in [1.29, 1.82) is 0 Å². The molecule has 0 spiro atoms. The van der Waals surface area contributed by atoms with Crippen LogP contribution in [0.2, 0.25) is 0 Å². The number of rotatable bonds is 13. The molecule has 0 bridgehead atoms. The van der Waals surface area contributed by atoms with E-state index in [-0.39, 0.29) is 24.0 Å². The van der Waals surface area contributed by atoms with E-state index < -0.39 is 42.8 Å². The highest BCUT2D eigenvalue weighted by molar-refractivity contribution is 5.96. The Labute approximate surface area is 285 Å². The average molecular weight is 682 g/mol. The van der Waals surface area contributed by atoms with Crippen LogP contribution in [0.3, 0.4) is 0 Å². The molecule has 7 N–H and O–H groups in total.